The molecular weight excluding hydrogens is 314 g/mol. The van der Waals surface area contributed by atoms with Crippen LogP contribution in [0.2, 0.25) is 0 Å². The van der Waals surface area contributed by atoms with Crippen molar-refractivity contribution in [1.82, 2.24) is 10.1 Å². The number of non-ortho nitro benzene ring substituents is 1. The predicted molar refractivity (Wildman–Crippen MR) is 75.7 cm³/mol. The molecule has 0 saturated carbocycles. The zero-order valence-corrected chi connectivity index (χ0v) is 12.3. The molecule has 3 N–H and O–H groups in total. The van der Waals surface area contributed by atoms with Gasteiger partial charge in [-0.05, 0) is 13.0 Å². The summed E-state index contributed by atoms with van der Waals surface area (Å²) in [5.74, 6) is 0.889. The van der Waals surface area contributed by atoms with Crippen molar-refractivity contribution in [3.05, 3.63) is 40.0 Å². The minimum absolute atomic E-state index is 0.171. The van der Waals surface area contributed by atoms with E-state index in [1.807, 2.05) is 0 Å². The summed E-state index contributed by atoms with van der Waals surface area (Å²) in [6.45, 7) is 1.97. The predicted octanol–water partition coefficient (Wildman–Crippen LogP) is 0.588. The summed E-state index contributed by atoms with van der Waals surface area (Å²) >= 11 is 0. The van der Waals surface area contributed by atoms with Gasteiger partial charge in [-0.15, -0.1) is 0 Å². The second-order valence-electron chi connectivity index (χ2n) is 4.39. The molecule has 0 radical (unpaired) electrons. The first-order valence-electron chi connectivity index (χ1n) is 6.11. The summed E-state index contributed by atoms with van der Waals surface area (Å²) in [7, 11) is -4.10. The molecular formula is C11H13N5O5S. The summed E-state index contributed by atoms with van der Waals surface area (Å²) in [6, 6.07) is 3.39. The first-order chi connectivity index (χ1) is 10.3. The largest absolute Gasteiger partial charge is 0.383 e. The molecule has 0 aliphatic rings. The monoisotopic (exact) mass is 327 g/mol. The van der Waals surface area contributed by atoms with Crippen LogP contribution in [-0.2, 0) is 16.4 Å². The van der Waals surface area contributed by atoms with Crippen LogP contribution in [0.5, 0.6) is 0 Å². The molecule has 0 aliphatic carbocycles. The lowest BCUT2D eigenvalue weighted by atomic mass is 10.2. The average molecular weight is 327 g/mol. The molecule has 1 heterocycles. The fourth-order valence-electron chi connectivity index (χ4n) is 1.75. The Kier molecular flexibility index (Phi) is 4.37. The molecule has 0 fully saturated rings. The minimum atomic E-state index is -4.10. The molecule has 0 bridgehead atoms. The topological polar surface area (TPSA) is 154 Å². The molecule has 0 amide bonds. The highest BCUT2D eigenvalue weighted by molar-refractivity contribution is 7.89. The molecule has 1 aromatic heterocycles. The summed E-state index contributed by atoms with van der Waals surface area (Å²) < 4.78 is 28.0. The quantitative estimate of drug-likeness (QED) is 0.577. The SMILES string of the molecule is Cc1noc(CCNc2ccc([N+](=O)[O-])cc2S(N)(=O)=O)n1. The molecule has 0 aliphatic heterocycles. The standard InChI is InChI=1S/C11H13N5O5S/c1-7-14-11(21-15-7)4-5-13-9-3-2-8(16(17)18)6-10(9)22(12,19)20/h2-3,6,13H,4-5H2,1H3,(H2,12,19,20). The van der Waals surface area contributed by atoms with E-state index in [-0.39, 0.29) is 16.3 Å². The van der Waals surface area contributed by atoms with Crippen LogP contribution in [-0.4, -0.2) is 30.0 Å². The molecule has 2 aromatic rings. The summed E-state index contributed by atoms with van der Waals surface area (Å²) in [5.41, 5.74) is -0.188. The minimum Gasteiger partial charge on any atom is -0.383 e. The van der Waals surface area contributed by atoms with Crippen LogP contribution in [0, 0.1) is 17.0 Å². The van der Waals surface area contributed by atoms with Crippen molar-refractivity contribution in [2.45, 2.75) is 18.2 Å². The number of hydrogen-bond acceptors (Lipinski definition) is 8. The number of aromatic nitrogens is 2. The molecule has 11 heteroatoms. The van der Waals surface area contributed by atoms with Gasteiger partial charge in [0.15, 0.2) is 5.82 Å². The number of anilines is 1. The van der Waals surface area contributed by atoms with Crippen LogP contribution in [0.15, 0.2) is 27.6 Å². The van der Waals surface area contributed by atoms with E-state index in [0.29, 0.717) is 24.7 Å². The third kappa shape index (κ3) is 3.77. The number of nitrogens with two attached hydrogens (primary N) is 1. The Labute approximate surface area is 125 Å². The molecule has 0 unspecified atom stereocenters. The van der Waals surface area contributed by atoms with Gasteiger partial charge in [-0.2, -0.15) is 4.98 Å². The van der Waals surface area contributed by atoms with Gasteiger partial charge in [0.05, 0.1) is 10.6 Å². The van der Waals surface area contributed by atoms with Crippen molar-refractivity contribution < 1.29 is 17.9 Å². The van der Waals surface area contributed by atoms with Gasteiger partial charge in [-0.1, -0.05) is 5.16 Å². The second kappa shape index (κ2) is 6.07. The number of nitrogens with one attached hydrogen (secondary N) is 1. The maximum Gasteiger partial charge on any atom is 0.270 e. The lowest BCUT2D eigenvalue weighted by Gasteiger charge is -2.09. The van der Waals surface area contributed by atoms with E-state index in [1.54, 1.807) is 6.92 Å². The van der Waals surface area contributed by atoms with Gasteiger partial charge in [0, 0.05) is 25.1 Å². The van der Waals surface area contributed by atoms with Gasteiger partial charge in [0.25, 0.3) is 5.69 Å². The summed E-state index contributed by atoms with van der Waals surface area (Å²) in [4.78, 5) is 13.7. The molecule has 2 rings (SSSR count). The number of benzene rings is 1. The number of nitro groups is 1. The number of sulfonamides is 1. The fraction of sp³-hybridized carbons (Fsp3) is 0.273. The lowest BCUT2D eigenvalue weighted by Crippen LogP contribution is -2.16. The Hall–Kier alpha value is -2.53. The van der Waals surface area contributed by atoms with Gasteiger partial charge in [-0.25, -0.2) is 13.6 Å². The van der Waals surface area contributed by atoms with E-state index in [0.717, 1.165) is 6.07 Å². The maximum absolute atomic E-state index is 11.5. The first-order valence-corrected chi connectivity index (χ1v) is 7.66. The van der Waals surface area contributed by atoms with E-state index in [1.165, 1.54) is 12.1 Å². The van der Waals surface area contributed by atoms with E-state index >= 15 is 0 Å². The molecule has 1 aromatic carbocycles. The van der Waals surface area contributed by atoms with Gasteiger partial charge >= 0.3 is 0 Å². The highest BCUT2D eigenvalue weighted by Crippen LogP contribution is 2.25. The Bertz CT molecular complexity index is 801. The van der Waals surface area contributed by atoms with Crippen LogP contribution in [0.1, 0.15) is 11.7 Å². The molecule has 0 atom stereocenters. The third-order valence-electron chi connectivity index (χ3n) is 2.71. The Morgan fingerprint density at radius 1 is 1.45 bits per heavy atom. The number of nitrogens with zero attached hydrogens (tertiary/aromatic N) is 3. The highest BCUT2D eigenvalue weighted by atomic mass is 32.2. The summed E-state index contributed by atoms with van der Waals surface area (Å²) in [6.07, 6.45) is 0.363. The Morgan fingerprint density at radius 3 is 2.73 bits per heavy atom. The number of nitro benzene ring substituents is 1. The van der Waals surface area contributed by atoms with E-state index in [4.69, 9.17) is 9.66 Å². The van der Waals surface area contributed by atoms with Gasteiger partial charge in [0.2, 0.25) is 15.9 Å². The molecule has 0 spiro atoms. The van der Waals surface area contributed by atoms with Crippen LogP contribution >= 0.6 is 0 Å². The number of rotatable bonds is 6. The van der Waals surface area contributed by atoms with Crippen molar-refractivity contribution >= 4 is 21.4 Å². The lowest BCUT2D eigenvalue weighted by molar-refractivity contribution is -0.385. The van der Waals surface area contributed by atoms with Crippen molar-refractivity contribution in [2.75, 3.05) is 11.9 Å². The fourth-order valence-corrected chi connectivity index (χ4v) is 2.48. The van der Waals surface area contributed by atoms with Gasteiger partial charge in [0.1, 0.15) is 4.90 Å². The zero-order chi connectivity index (χ0) is 16.3. The molecule has 118 valence electrons. The first kappa shape index (κ1) is 15.9. The third-order valence-corrected chi connectivity index (χ3v) is 3.66. The van der Waals surface area contributed by atoms with Crippen molar-refractivity contribution in [1.29, 1.82) is 0 Å². The zero-order valence-electron chi connectivity index (χ0n) is 11.5. The van der Waals surface area contributed by atoms with E-state index < -0.39 is 14.9 Å². The highest BCUT2D eigenvalue weighted by Gasteiger charge is 2.19. The van der Waals surface area contributed by atoms with E-state index in [2.05, 4.69) is 15.5 Å². The number of hydrogen-bond donors (Lipinski definition) is 2. The maximum atomic E-state index is 11.5. The van der Waals surface area contributed by atoms with Gasteiger partial charge < -0.3 is 9.84 Å². The van der Waals surface area contributed by atoms with Crippen molar-refractivity contribution in [3.8, 4) is 0 Å². The average Bonchev–Trinajstić information content (AvgIpc) is 2.83. The van der Waals surface area contributed by atoms with Crippen LogP contribution in [0.4, 0.5) is 11.4 Å². The number of primary sulfonamides is 1. The Morgan fingerprint density at radius 2 is 2.18 bits per heavy atom. The number of aryl methyl sites for hydroxylation is 1. The van der Waals surface area contributed by atoms with Crippen LogP contribution < -0.4 is 10.5 Å². The molecule has 22 heavy (non-hydrogen) atoms. The van der Waals surface area contributed by atoms with Crippen molar-refractivity contribution in [2.24, 2.45) is 5.14 Å². The summed E-state index contributed by atoms with van der Waals surface area (Å²) in [5, 5.41) is 22.3. The smallest absolute Gasteiger partial charge is 0.270 e. The van der Waals surface area contributed by atoms with E-state index in [9.17, 15) is 18.5 Å². The molecule has 10 nitrogen and oxygen atoms in total. The van der Waals surface area contributed by atoms with Crippen molar-refractivity contribution in [3.63, 3.8) is 0 Å². The molecule has 0 saturated heterocycles. The second-order valence-corrected chi connectivity index (χ2v) is 5.92. The Balaban J connectivity index is 2.17. The normalized spacial score (nSPS) is 11.4. The van der Waals surface area contributed by atoms with Gasteiger partial charge in [-0.3, -0.25) is 10.1 Å². The van der Waals surface area contributed by atoms with Crippen LogP contribution in [0.3, 0.4) is 0 Å². The van der Waals surface area contributed by atoms with Crippen LogP contribution in [0.25, 0.3) is 0 Å².